The topological polar surface area (TPSA) is 53.4 Å². The minimum absolute atomic E-state index is 0.00221. The predicted molar refractivity (Wildman–Crippen MR) is 72.5 cm³/mol. The van der Waals surface area contributed by atoms with Gasteiger partial charge in [-0.1, -0.05) is 25.2 Å². The molecule has 1 fully saturated rings. The average molecular weight is 258 g/mol. The number of rotatable bonds is 2. The molecule has 1 aliphatic heterocycles. The molecule has 1 aliphatic rings. The van der Waals surface area contributed by atoms with Gasteiger partial charge in [0.15, 0.2) is 0 Å². The molecule has 4 heteroatoms. The number of pyridine rings is 1. The Bertz CT molecular complexity index is 499. The van der Waals surface area contributed by atoms with Crippen LogP contribution < -0.4 is 0 Å². The summed E-state index contributed by atoms with van der Waals surface area (Å²) in [6.07, 6.45) is 3.78. The van der Waals surface area contributed by atoms with E-state index in [1.165, 1.54) is 0 Å². The summed E-state index contributed by atoms with van der Waals surface area (Å²) in [5.74, 6) is 5.93. The molecule has 19 heavy (non-hydrogen) atoms. The monoisotopic (exact) mass is 258 g/mol. The van der Waals surface area contributed by atoms with Crippen molar-refractivity contribution in [3.05, 3.63) is 29.6 Å². The predicted octanol–water partition coefficient (Wildman–Crippen LogP) is 1.30. The van der Waals surface area contributed by atoms with Crippen LogP contribution in [0, 0.1) is 17.8 Å². The van der Waals surface area contributed by atoms with E-state index in [0.717, 1.165) is 25.9 Å². The lowest BCUT2D eigenvalue weighted by atomic mass is 10.1. The van der Waals surface area contributed by atoms with E-state index in [-0.39, 0.29) is 12.5 Å². The molecular weight excluding hydrogens is 240 g/mol. The van der Waals surface area contributed by atoms with Gasteiger partial charge in [-0.3, -0.25) is 4.79 Å². The van der Waals surface area contributed by atoms with Crippen molar-refractivity contribution in [2.24, 2.45) is 5.92 Å². The Kier molecular flexibility index (Phi) is 4.53. The van der Waals surface area contributed by atoms with Crippen LogP contribution in [0.15, 0.2) is 18.3 Å². The maximum atomic E-state index is 12.2. The van der Waals surface area contributed by atoms with Gasteiger partial charge in [0.1, 0.15) is 12.3 Å². The second kappa shape index (κ2) is 6.35. The molecule has 0 bridgehead atoms. The van der Waals surface area contributed by atoms with E-state index in [1.807, 2.05) is 4.90 Å². The highest BCUT2D eigenvalue weighted by molar-refractivity contribution is 5.92. The minimum Gasteiger partial charge on any atom is -0.384 e. The van der Waals surface area contributed by atoms with Crippen LogP contribution in [0.1, 0.15) is 35.8 Å². The van der Waals surface area contributed by atoms with Gasteiger partial charge in [-0.25, -0.2) is 4.98 Å². The zero-order valence-corrected chi connectivity index (χ0v) is 11.1. The summed E-state index contributed by atoms with van der Waals surface area (Å²) in [5, 5.41) is 8.61. The molecule has 4 nitrogen and oxygen atoms in total. The standard InChI is InChI=1S/C15H18N2O2/c1-2-12-7-8-17(11-12)15(19)14-6-5-13(10-16-14)4-3-9-18/h5-6,10,12,18H,2,7-9,11H2,1H3. The first-order chi connectivity index (χ1) is 9.24. The van der Waals surface area contributed by atoms with E-state index in [2.05, 4.69) is 23.7 Å². The molecule has 1 aromatic heterocycles. The SMILES string of the molecule is CCC1CCN(C(=O)c2ccc(C#CCO)cn2)C1. The lowest BCUT2D eigenvalue weighted by molar-refractivity contribution is 0.0781. The van der Waals surface area contributed by atoms with E-state index in [9.17, 15) is 4.79 Å². The van der Waals surface area contributed by atoms with Crippen LogP contribution in [0.5, 0.6) is 0 Å². The number of hydrogen-bond acceptors (Lipinski definition) is 3. The summed E-state index contributed by atoms with van der Waals surface area (Å²) in [7, 11) is 0. The maximum absolute atomic E-state index is 12.2. The van der Waals surface area contributed by atoms with Crippen LogP contribution in [0.2, 0.25) is 0 Å². The second-order valence-corrected chi connectivity index (χ2v) is 4.71. The van der Waals surface area contributed by atoms with Crippen LogP contribution in [0.25, 0.3) is 0 Å². The van der Waals surface area contributed by atoms with Gasteiger partial charge in [-0.15, -0.1) is 0 Å². The fraction of sp³-hybridized carbons (Fsp3) is 0.467. The summed E-state index contributed by atoms with van der Waals surface area (Å²) in [5.41, 5.74) is 1.17. The van der Waals surface area contributed by atoms with Crippen LogP contribution in [0.4, 0.5) is 0 Å². The van der Waals surface area contributed by atoms with Crippen LogP contribution in [-0.2, 0) is 0 Å². The van der Waals surface area contributed by atoms with Crippen LogP contribution >= 0.6 is 0 Å². The highest BCUT2D eigenvalue weighted by Gasteiger charge is 2.26. The molecule has 0 aliphatic carbocycles. The molecule has 0 saturated carbocycles. The lowest BCUT2D eigenvalue weighted by Gasteiger charge is -2.15. The van der Waals surface area contributed by atoms with E-state index in [0.29, 0.717) is 17.2 Å². The Hall–Kier alpha value is -1.86. The van der Waals surface area contributed by atoms with Gasteiger partial charge in [0.05, 0.1) is 0 Å². The summed E-state index contributed by atoms with van der Waals surface area (Å²) >= 11 is 0. The Balaban J connectivity index is 2.04. The molecule has 100 valence electrons. The van der Waals surface area contributed by atoms with Gasteiger partial charge < -0.3 is 10.0 Å². The number of nitrogens with zero attached hydrogens (tertiary/aromatic N) is 2. The number of aliphatic hydroxyl groups is 1. The average Bonchev–Trinajstić information content (AvgIpc) is 2.94. The van der Waals surface area contributed by atoms with Gasteiger partial charge >= 0.3 is 0 Å². The largest absolute Gasteiger partial charge is 0.384 e. The summed E-state index contributed by atoms with van der Waals surface area (Å²) < 4.78 is 0. The second-order valence-electron chi connectivity index (χ2n) is 4.71. The summed E-state index contributed by atoms with van der Waals surface area (Å²) in [6, 6.07) is 3.46. The lowest BCUT2D eigenvalue weighted by Crippen LogP contribution is -2.29. The molecule has 2 heterocycles. The number of aromatic nitrogens is 1. The van der Waals surface area contributed by atoms with Crippen molar-refractivity contribution in [3.8, 4) is 11.8 Å². The van der Waals surface area contributed by atoms with Crippen LogP contribution in [-0.4, -0.2) is 40.6 Å². The highest BCUT2D eigenvalue weighted by atomic mass is 16.2. The molecule has 1 amide bonds. The fourth-order valence-electron chi connectivity index (χ4n) is 2.25. The van der Waals surface area contributed by atoms with Crippen molar-refractivity contribution in [2.45, 2.75) is 19.8 Å². The number of aliphatic hydroxyl groups excluding tert-OH is 1. The van der Waals surface area contributed by atoms with Gasteiger partial charge in [-0.05, 0) is 24.5 Å². The summed E-state index contributed by atoms with van der Waals surface area (Å²) in [4.78, 5) is 18.2. The Morgan fingerprint density at radius 3 is 3.00 bits per heavy atom. The Morgan fingerprint density at radius 2 is 2.42 bits per heavy atom. The van der Waals surface area contributed by atoms with Crippen LogP contribution in [0.3, 0.4) is 0 Å². The van der Waals surface area contributed by atoms with Gasteiger partial charge in [0.25, 0.3) is 5.91 Å². The molecule has 2 rings (SSSR count). The van der Waals surface area contributed by atoms with Crippen molar-refractivity contribution < 1.29 is 9.90 Å². The smallest absolute Gasteiger partial charge is 0.272 e. The molecule has 1 saturated heterocycles. The van der Waals surface area contributed by atoms with Crippen molar-refractivity contribution >= 4 is 5.91 Å². The first-order valence-electron chi connectivity index (χ1n) is 6.59. The zero-order valence-electron chi connectivity index (χ0n) is 11.1. The fourth-order valence-corrected chi connectivity index (χ4v) is 2.25. The van der Waals surface area contributed by atoms with Gasteiger partial charge in [0, 0.05) is 24.8 Å². The first-order valence-corrected chi connectivity index (χ1v) is 6.59. The zero-order chi connectivity index (χ0) is 13.7. The molecule has 1 unspecified atom stereocenters. The number of carbonyl (C=O) groups excluding carboxylic acids is 1. The van der Waals surface area contributed by atoms with E-state index >= 15 is 0 Å². The molecule has 1 aromatic rings. The van der Waals surface area contributed by atoms with E-state index in [4.69, 9.17) is 5.11 Å². The number of amides is 1. The molecular formula is C15H18N2O2. The molecule has 0 aromatic carbocycles. The minimum atomic E-state index is -0.174. The van der Waals surface area contributed by atoms with Crippen molar-refractivity contribution in [1.82, 2.24) is 9.88 Å². The number of likely N-dealkylation sites (tertiary alicyclic amines) is 1. The highest BCUT2D eigenvalue weighted by Crippen LogP contribution is 2.20. The third kappa shape index (κ3) is 3.33. The third-order valence-electron chi connectivity index (χ3n) is 3.44. The van der Waals surface area contributed by atoms with E-state index < -0.39 is 0 Å². The quantitative estimate of drug-likeness (QED) is 0.813. The maximum Gasteiger partial charge on any atom is 0.272 e. The Labute approximate surface area is 113 Å². The first kappa shape index (κ1) is 13.6. The van der Waals surface area contributed by atoms with E-state index in [1.54, 1.807) is 18.3 Å². The van der Waals surface area contributed by atoms with Crippen molar-refractivity contribution in [1.29, 1.82) is 0 Å². The molecule has 0 spiro atoms. The van der Waals surface area contributed by atoms with Crippen molar-refractivity contribution in [3.63, 3.8) is 0 Å². The third-order valence-corrected chi connectivity index (χ3v) is 3.44. The summed E-state index contributed by atoms with van der Waals surface area (Å²) in [6.45, 7) is 3.65. The van der Waals surface area contributed by atoms with Gasteiger partial charge in [-0.2, -0.15) is 0 Å². The molecule has 0 radical (unpaired) electrons. The van der Waals surface area contributed by atoms with Crippen molar-refractivity contribution in [2.75, 3.05) is 19.7 Å². The molecule has 1 N–H and O–H groups in total. The number of hydrogen-bond donors (Lipinski definition) is 1. The van der Waals surface area contributed by atoms with Gasteiger partial charge in [0.2, 0.25) is 0 Å². The number of carbonyl (C=O) groups is 1. The Morgan fingerprint density at radius 1 is 1.58 bits per heavy atom. The molecule has 1 atom stereocenters. The normalized spacial score (nSPS) is 18.0.